The van der Waals surface area contributed by atoms with Crippen molar-refractivity contribution in [2.75, 3.05) is 51.2 Å². The summed E-state index contributed by atoms with van der Waals surface area (Å²) in [6.07, 6.45) is 4.03. The molecule has 0 aliphatic rings. The predicted octanol–water partition coefficient (Wildman–Crippen LogP) is 0.680. The van der Waals surface area contributed by atoms with Crippen molar-refractivity contribution in [1.82, 2.24) is 25.8 Å². The zero-order valence-corrected chi connectivity index (χ0v) is 27.4. The number of anilines is 1. The number of carbonyl (C=O) groups excluding carboxylic acids is 5. The van der Waals surface area contributed by atoms with Crippen molar-refractivity contribution in [3.63, 3.8) is 0 Å². The van der Waals surface area contributed by atoms with Crippen LogP contribution in [0.25, 0.3) is 0 Å². The third-order valence-electron chi connectivity index (χ3n) is 7.06. The Bertz CT molecular complexity index is 1220. The fourth-order valence-corrected chi connectivity index (χ4v) is 4.28. The summed E-state index contributed by atoms with van der Waals surface area (Å²) < 4.78 is 5.13. The van der Waals surface area contributed by atoms with E-state index >= 15 is 0 Å². The Balaban J connectivity index is 2.03. The Hall–Kier alpha value is -4.09. The second-order valence-corrected chi connectivity index (χ2v) is 10.9. The van der Waals surface area contributed by atoms with E-state index in [2.05, 4.69) is 16.0 Å². The maximum absolute atomic E-state index is 12.1. The number of unbranched alkanes of at least 4 members (excludes halogenated alkanes) is 5. The highest BCUT2D eigenvalue weighted by Crippen LogP contribution is 2.17. The maximum atomic E-state index is 12.1. The highest BCUT2D eigenvalue weighted by molar-refractivity contribution is 5.83. The fraction of sp³-hybridized carbons (Fsp3) is 0.700. The van der Waals surface area contributed by atoms with Crippen LogP contribution in [0.1, 0.15) is 90.9 Å². The van der Waals surface area contributed by atoms with Crippen LogP contribution in [0.3, 0.4) is 0 Å². The summed E-state index contributed by atoms with van der Waals surface area (Å²) in [5, 5.41) is 39.0. The smallest absolute Gasteiger partial charge is 0.272 e. The van der Waals surface area contributed by atoms with E-state index in [1.54, 1.807) is 6.92 Å². The minimum atomic E-state index is -0.635. The number of nitrogens with zero attached hydrogens (tertiary/aromatic N) is 3. The van der Waals surface area contributed by atoms with E-state index in [0.717, 1.165) is 0 Å². The monoisotopic (exact) mass is 670 g/mol. The van der Waals surface area contributed by atoms with Crippen molar-refractivity contribution in [3.8, 4) is 5.75 Å². The van der Waals surface area contributed by atoms with Crippen molar-refractivity contribution in [2.24, 2.45) is 0 Å². The van der Waals surface area contributed by atoms with Crippen LogP contribution in [0.4, 0.5) is 5.69 Å². The normalized spacial score (nSPS) is 10.7. The second kappa shape index (κ2) is 23.3. The van der Waals surface area contributed by atoms with Crippen molar-refractivity contribution < 1.29 is 44.3 Å². The first-order chi connectivity index (χ1) is 22.4. The first-order valence-corrected chi connectivity index (χ1v) is 16.1. The quantitative estimate of drug-likeness (QED) is 0.0346. The average molecular weight is 671 g/mol. The molecule has 17 heteroatoms. The van der Waals surface area contributed by atoms with Gasteiger partial charge in [-0.25, -0.2) is 15.2 Å². The highest BCUT2D eigenvalue weighted by atomic mass is 16.5. The van der Waals surface area contributed by atoms with Gasteiger partial charge in [-0.1, -0.05) is 0 Å². The van der Waals surface area contributed by atoms with Gasteiger partial charge in [-0.3, -0.25) is 49.2 Å². The molecule has 0 heterocycles. The van der Waals surface area contributed by atoms with Gasteiger partial charge in [0.15, 0.2) is 5.75 Å². The van der Waals surface area contributed by atoms with Crippen LogP contribution >= 0.6 is 0 Å². The largest absolute Gasteiger partial charge is 0.488 e. The lowest BCUT2D eigenvalue weighted by atomic mass is 10.2. The van der Waals surface area contributed by atoms with Gasteiger partial charge in [-0.2, -0.15) is 0 Å². The van der Waals surface area contributed by atoms with Crippen LogP contribution in [0, 0.1) is 0 Å². The molecule has 1 rings (SSSR count). The average Bonchev–Trinajstić information content (AvgIpc) is 3.05. The van der Waals surface area contributed by atoms with Gasteiger partial charge in [0.05, 0.1) is 6.61 Å². The number of rotatable bonds is 26. The minimum absolute atomic E-state index is 0.0573. The number of hydrogen-bond donors (Lipinski definition) is 6. The van der Waals surface area contributed by atoms with E-state index in [9.17, 15) is 49.2 Å². The van der Waals surface area contributed by atoms with Crippen LogP contribution in [0.5, 0.6) is 5.75 Å². The first kappa shape index (κ1) is 40.9. The molecule has 0 bridgehead atoms. The molecular weight excluding hydrogens is 620 g/mol. The number of hydroxylamine groups is 6. The van der Waals surface area contributed by atoms with Crippen molar-refractivity contribution in [2.45, 2.75) is 90.9 Å². The van der Waals surface area contributed by atoms with E-state index in [1.807, 2.05) is 0 Å². The molecule has 266 valence electrons. The lowest BCUT2D eigenvalue weighted by molar-refractivity contribution is -0.166. The Kier molecular flexibility index (Phi) is 20.3. The Labute approximate surface area is 273 Å². The van der Waals surface area contributed by atoms with Crippen LogP contribution < -0.4 is 31.5 Å². The van der Waals surface area contributed by atoms with Crippen molar-refractivity contribution in [3.05, 3.63) is 20.4 Å². The standard InChI is InChI=1S/C30H50N6O11/c1-3-47-30-27(28(42)29(30)43)33-18-7-5-10-21-36(46)25(40)14-12-23(38)31-16-6-4-9-20-35(45)26(41)15-13-24(39)32-17-8-11-19-34(44)22(2)37/h33,44-46H,3-21H2,1-2H3,(H,31,38)(H,32,39). The van der Waals surface area contributed by atoms with E-state index in [-0.39, 0.29) is 75.2 Å². The van der Waals surface area contributed by atoms with E-state index in [1.165, 1.54) is 6.92 Å². The van der Waals surface area contributed by atoms with E-state index in [4.69, 9.17) is 4.74 Å². The maximum Gasteiger partial charge on any atom is 0.272 e. The zero-order chi connectivity index (χ0) is 35.2. The molecule has 5 amide bonds. The molecule has 1 aromatic carbocycles. The summed E-state index contributed by atoms with van der Waals surface area (Å²) >= 11 is 0. The molecule has 0 atom stereocenters. The molecule has 17 nitrogen and oxygen atoms in total. The van der Waals surface area contributed by atoms with Crippen molar-refractivity contribution >= 4 is 35.2 Å². The van der Waals surface area contributed by atoms with Gasteiger partial charge in [-0.15, -0.1) is 0 Å². The van der Waals surface area contributed by atoms with Gasteiger partial charge in [0.25, 0.3) is 10.9 Å². The van der Waals surface area contributed by atoms with Crippen molar-refractivity contribution in [1.29, 1.82) is 0 Å². The number of ether oxygens (including phenoxy) is 1. The molecule has 0 saturated heterocycles. The molecule has 0 radical (unpaired) electrons. The Morgan fingerprint density at radius 3 is 1.55 bits per heavy atom. The molecule has 1 aromatic rings. The predicted molar refractivity (Wildman–Crippen MR) is 169 cm³/mol. The summed E-state index contributed by atoms with van der Waals surface area (Å²) in [6.45, 7) is 4.68. The van der Waals surface area contributed by atoms with Gasteiger partial charge in [0, 0.05) is 71.9 Å². The third kappa shape index (κ3) is 16.9. The molecule has 0 unspecified atom stereocenters. The third-order valence-corrected chi connectivity index (χ3v) is 7.06. The summed E-state index contributed by atoms with van der Waals surface area (Å²) in [5.74, 6) is -2.25. The van der Waals surface area contributed by atoms with Crippen LogP contribution in [0.15, 0.2) is 9.59 Å². The molecule has 0 saturated carbocycles. The molecule has 0 spiro atoms. The number of carbonyl (C=O) groups is 5. The first-order valence-electron chi connectivity index (χ1n) is 16.1. The Morgan fingerprint density at radius 2 is 1.06 bits per heavy atom. The number of nitrogens with one attached hydrogen (secondary N) is 3. The van der Waals surface area contributed by atoms with Crippen LogP contribution in [-0.2, 0) is 24.0 Å². The van der Waals surface area contributed by atoms with Gasteiger partial charge in [0.1, 0.15) is 5.69 Å². The van der Waals surface area contributed by atoms with E-state index < -0.39 is 28.6 Å². The number of hydrogen-bond acceptors (Lipinski definition) is 12. The SMILES string of the molecule is CCOc1c(NCCCCCN(O)C(=O)CCC(=O)NCCCCCN(O)C(=O)CCC(=O)NCCCCN(O)C(C)=O)c(=O)c1=O. The molecular formula is C30H50N6O11. The summed E-state index contributed by atoms with van der Waals surface area (Å²) in [6, 6.07) is 0. The molecule has 47 heavy (non-hydrogen) atoms. The topological polar surface area (TPSA) is 235 Å². The summed E-state index contributed by atoms with van der Waals surface area (Å²) in [7, 11) is 0. The Morgan fingerprint density at radius 1 is 0.617 bits per heavy atom. The second-order valence-electron chi connectivity index (χ2n) is 10.9. The molecule has 0 aromatic heterocycles. The minimum Gasteiger partial charge on any atom is -0.488 e. The molecule has 0 fully saturated rings. The summed E-state index contributed by atoms with van der Waals surface area (Å²) in [4.78, 5) is 81.9. The lowest BCUT2D eigenvalue weighted by Gasteiger charge is -2.15. The van der Waals surface area contributed by atoms with E-state index in [0.29, 0.717) is 86.2 Å². The van der Waals surface area contributed by atoms with Gasteiger partial charge in [0.2, 0.25) is 29.5 Å². The van der Waals surface area contributed by atoms with Gasteiger partial charge >= 0.3 is 0 Å². The van der Waals surface area contributed by atoms with Crippen LogP contribution in [0.2, 0.25) is 0 Å². The van der Waals surface area contributed by atoms with Crippen LogP contribution in [-0.4, -0.2) is 106 Å². The fourth-order valence-electron chi connectivity index (χ4n) is 4.28. The zero-order valence-electron chi connectivity index (χ0n) is 27.4. The number of amides is 5. The molecule has 0 aliphatic heterocycles. The van der Waals surface area contributed by atoms with Gasteiger partial charge in [-0.05, 0) is 58.3 Å². The molecule has 6 N–H and O–H groups in total. The lowest BCUT2D eigenvalue weighted by Crippen LogP contribution is -2.36. The highest BCUT2D eigenvalue weighted by Gasteiger charge is 2.21. The molecule has 0 aliphatic carbocycles. The summed E-state index contributed by atoms with van der Waals surface area (Å²) in [5.41, 5.74) is -1.05. The van der Waals surface area contributed by atoms with Gasteiger partial charge < -0.3 is 20.7 Å².